The minimum absolute atomic E-state index is 0.0321. The van der Waals surface area contributed by atoms with E-state index in [9.17, 15) is 9.59 Å². The lowest BCUT2D eigenvalue weighted by atomic mass is 9.94. The number of benzene rings is 1. The molecule has 4 nitrogen and oxygen atoms in total. The second-order valence-corrected chi connectivity index (χ2v) is 6.11. The van der Waals surface area contributed by atoms with Gasteiger partial charge in [0.15, 0.2) is 0 Å². The van der Waals surface area contributed by atoms with E-state index in [0.29, 0.717) is 19.6 Å². The number of hydrogen-bond acceptors (Lipinski definition) is 2. The van der Waals surface area contributed by atoms with Crippen LogP contribution in [0.4, 0.5) is 0 Å². The number of rotatable bonds is 5. The van der Waals surface area contributed by atoms with Gasteiger partial charge in [0.05, 0.1) is 0 Å². The zero-order chi connectivity index (χ0) is 15.9. The standard InChI is InChI=1S/C18H26N2O2/c1-3-14(2)18(22)20-11-9-16(10-12-20)17(21)19-13-15-7-5-4-6-8-15/h4-8,14,16H,3,9-13H2,1-2H3,(H,19,21). The number of amides is 2. The lowest BCUT2D eigenvalue weighted by Gasteiger charge is -2.32. The Morgan fingerprint density at radius 3 is 2.45 bits per heavy atom. The molecule has 2 rings (SSSR count). The van der Waals surface area contributed by atoms with Crippen molar-refractivity contribution >= 4 is 11.8 Å². The van der Waals surface area contributed by atoms with Gasteiger partial charge in [-0.15, -0.1) is 0 Å². The zero-order valence-corrected chi connectivity index (χ0v) is 13.5. The van der Waals surface area contributed by atoms with Crippen molar-refractivity contribution in [3.8, 4) is 0 Å². The van der Waals surface area contributed by atoms with E-state index < -0.39 is 0 Å². The molecule has 1 fully saturated rings. The van der Waals surface area contributed by atoms with Gasteiger partial charge in [0.1, 0.15) is 0 Å². The number of likely N-dealkylation sites (tertiary alicyclic amines) is 1. The lowest BCUT2D eigenvalue weighted by molar-refractivity contribution is -0.138. The predicted molar refractivity (Wildman–Crippen MR) is 87.0 cm³/mol. The van der Waals surface area contributed by atoms with E-state index in [1.165, 1.54) is 0 Å². The van der Waals surface area contributed by atoms with Gasteiger partial charge in [0, 0.05) is 31.5 Å². The summed E-state index contributed by atoms with van der Waals surface area (Å²) in [5.74, 6) is 0.457. The molecule has 2 amide bonds. The van der Waals surface area contributed by atoms with E-state index in [2.05, 4.69) is 5.32 Å². The molecular weight excluding hydrogens is 276 g/mol. The first kappa shape index (κ1) is 16.5. The Bertz CT molecular complexity index is 493. The van der Waals surface area contributed by atoms with E-state index in [1.54, 1.807) is 0 Å². The molecule has 1 aromatic rings. The van der Waals surface area contributed by atoms with Crippen LogP contribution >= 0.6 is 0 Å². The highest BCUT2D eigenvalue weighted by atomic mass is 16.2. The van der Waals surface area contributed by atoms with Gasteiger partial charge in [-0.25, -0.2) is 0 Å². The van der Waals surface area contributed by atoms with E-state index in [0.717, 1.165) is 24.8 Å². The van der Waals surface area contributed by atoms with Crippen LogP contribution in [-0.4, -0.2) is 29.8 Å². The molecule has 1 heterocycles. The quantitative estimate of drug-likeness (QED) is 0.909. The van der Waals surface area contributed by atoms with Crippen molar-refractivity contribution in [2.75, 3.05) is 13.1 Å². The first-order valence-corrected chi connectivity index (χ1v) is 8.22. The van der Waals surface area contributed by atoms with Crippen LogP contribution < -0.4 is 5.32 Å². The maximum absolute atomic E-state index is 12.2. The van der Waals surface area contributed by atoms with Gasteiger partial charge < -0.3 is 10.2 Å². The first-order chi connectivity index (χ1) is 10.6. The van der Waals surface area contributed by atoms with E-state index in [4.69, 9.17) is 0 Å². The number of hydrogen-bond donors (Lipinski definition) is 1. The largest absolute Gasteiger partial charge is 0.352 e. The molecule has 1 unspecified atom stereocenters. The van der Waals surface area contributed by atoms with E-state index in [-0.39, 0.29) is 23.7 Å². The van der Waals surface area contributed by atoms with Crippen molar-refractivity contribution in [2.24, 2.45) is 11.8 Å². The van der Waals surface area contributed by atoms with Gasteiger partial charge in [0.25, 0.3) is 0 Å². The fourth-order valence-corrected chi connectivity index (χ4v) is 2.78. The SMILES string of the molecule is CCC(C)C(=O)N1CCC(C(=O)NCc2ccccc2)CC1. The van der Waals surface area contributed by atoms with Crippen LogP contribution in [0.15, 0.2) is 30.3 Å². The summed E-state index contributed by atoms with van der Waals surface area (Å²) in [6, 6.07) is 9.93. The summed E-state index contributed by atoms with van der Waals surface area (Å²) in [5, 5.41) is 3.00. The van der Waals surface area contributed by atoms with Crippen molar-refractivity contribution in [1.29, 1.82) is 0 Å². The van der Waals surface area contributed by atoms with Crippen molar-refractivity contribution in [2.45, 2.75) is 39.7 Å². The van der Waals surface area contributed by atoms with Crippen LogP contribution in [0.1, 0.15) is 38.7 Å². The number of nitrogens with zero attached hydrogens (tertiary/aromatic N) is 1. The van der Waals surface area contributed by atoms with Gasteiger partial charge >= 0.3 is 0 Å². The number of carbonyl (C=O) groups excluding carboxylic acids is 2. The molecule has 1 aliphatic heterocycles. The van der Waals surface area contributed by atoms with E-state index >= 15 is 0 Å². The monoisotopic (exact) mass is 302 g/mol. The predicted octanol–water partition coefficient (Wildman–Crippen LogP) is 2.59. The van der Waals surface area contributed by atoms with Crippen molar-refractivity contribution < 1.29 is 9.59 Å². The van der Waals surface area contributed by atoms with E-state index in [1.807, 2.05) is 49.1 Å². The Morgan fingerprint density at radius 2 is 1.86 bits per heavy atom. The molecule has 1 aliphatic rings. The Kier molecular flexibility index (Phi) is 5.99. The molecule has 0 spiro atoms. The summed E-state index contributed by atoms with van der Waals surface area (Å²) < 4.78 is 0. The normalized spacial score (nSPS) is 17.1. The minimum atomic E-state index is 0.0321. The first-order valence-electron chi connectivity index (χ1n) is 8.22. The molecule has 120 valence electrons. The molecule has 1 aromatic carbocycles. The summed E-state index contributed by atoms with van der Waals surface area (Å²) in [4.78, 5) is 26.3. The summed E-state index contributed by atoms with van der Waals surface area (Å²) in [5.41, 5.74) is 1.11. The van der Waals surface area contributed by atoms with Crippen LogP contribution in [-0.2, 0) is 16.1 Å². The van der Waals surface area contributed by atoms with Crippen molar-refractivity contribution in [3.05, 3.63) is 35.9 Å². The Labute approximate surface area is 132 Å². The molecule has 0 radical (unpaired) electrons. The molecule has 1 atom stereocenters. The van der Waals surface area contributed by atoms with Crippen LogP contribution in [0, 0.1) is 11.8 Å². The average molecular weight is 302 g/mol. The summed E-state index contributed by atoms with van der Waals surface area (Å²) in [6.07, 6.45) is 2.40. The molecular formula is C18H26N2O2. The molecule has 0 saturated carbocycles. The maximum atomic E-state index is 12.2. The van der Waals surface area contributed by atoms with Gasteiger partial charge in [-0.1, -0.05) is 44.2 Å². The van der Waals surface area contributed by atoms with Crippen LogP contribution in [0.2, 0.25) is 0 Å². The second kappa shape index (κ2) is 7.97. The molecule has 22 heavy (non-hydrogen) atoms. The van der Waals surface area contributed by atoms with Crippen molar-refractivity contribution in [3.63, 3.8) is 0 Å². The third-order valence-corrected chi connectivity index (χ3v) is 4.52. The van der Waals surface area contributed by atoms with Gasteiger partial charge in [0.2, 0.25) is 11.8 Å². The highest BCUT2D eigenvalue weighted by Crippen LogP contribution is 2.20. The average Bonchev–Trinajstić information content (AvgIpc) is 2.59. The Morgan fingerprint density at radius 1 is 1.23 bits per heavy atom. The van der Waals surface area contributed by atoms with Crippen LogP contribution in [0.25, 0.3) is 0 Å². The van der Waals surface area contributed by atoms with Gasteiger partial charge in [-0.3, -0.25) is 9.59 Å². The fourth-order valence-electron chi connectivity index (χ4n) is 2.78. The molecule has 0 bridgehead atoms. The summed E-state index contributed by atoms with van der Waals surface area (Å²) in [6.45, 7) is 5.98. The van der Waals surface area contributed by atoms with Crippen LogP contribution in [0.5, 0.6) is 0 Å². The number of piperidine rings is 1. The highest BCUT2D eigenvalue weighted by Gasteiger charge is 2.28. The van der Waals surface area contributed by atoms with Gasteiger partial charge in [-0.2, -0.15) is 0 Å². The lowest BCUT2D eigenvalue weighted by Crippen LogP contribution is -2.44. The molecule has 4 heteroatoms. The Hall–Kier alpha value is -1.84. The molecule has 0 aromatic heterocycles. The van der Waals surface area contributed by atoms with Crippen molar-refractivity contribution in [1.82, 2.24) is 10.2 Å². The second-order valence-electron chi connectivity index (χ2n) is 6.11. The minimum Gasteiger partial charge on any atom is -0.352 e. The smallest absolute Gasteiger partial charge is 0.225 e. The molecule has 1 saturated heterocycles. The topological polar surface area (TPSA) is 49.4 Å². The van der Waals surface area contributed by atoms with Gasteiger partial charge in [-0.05, 0) is 24.8 Å². The zero-order valence-electron chi connectivity index (χ0n) is 13.5. The third kappa shape index (κ3) is 4.33. The number of nitrogens with one attached hydrogen (secondary N) is 1. The molecule has 0 aliphatic carbocycles. The molecule has 1 N–H and O–H groups in total. The van der Waals surface area contributed by atoms with Crippen LogP contribution in [0.3, 0.4) is 0 Å². The number of carbonyl (C=O) groups is 2. The maximum Gasteiger partial charge on any atom is 0.225 e. The third-order valence-electron chi connectivity index (χ3n) is 4.52. The Balaban J connectivity index is 1.76. The fraction of sp³-hybridized carbons (Fsp3) is 0.556. The summed E-state index contributed by atoms with van der Waals surface area (Å²) >= 11 is 0. The summed E-state index contributed by atoms with van der Waals surface area (Å²) in [7, 11) is 0. The highest BCUT2D eigenvalue weighted by molar-refractivity contribution is 5.80.